The fourth-order valence-corrected chi connectivity index (χ4v) is 2.04. The summed E-state index contributed by atoms with van der Waals surface area (Å²) in [6.45, 7) is 0.627. The minimum absolute atomic E-state index is 0.618. The maximum Gasteiger partial charge on any atom is 0.213 e. The first kappa shape index (κ1) is 13.7. The third-order valence-corrected chi connectivity index (χ3v) is 3.27. The molecule has 1 heterocycles. The zero-order valence-corrected chi connectivity index (χ0v) is 12.4. The van der Waals surface area contributed by atoms with Crippen LogP contribution in [0.4, 0.5) is 5.69 Å². The zero-order chi connectivity index (χ0) is 13.7. The predicted molar refractivity (Wildman–Crippen MR) is 78.8 cm³/mol. The molecule has 0 aliphatic rings. The molecule has 19 heavy (non-hydrogen) atoms. The molecule has 0 radical (unpaired) electrons. The summed E-state index contributed by atoms with van der Waals surface area (Å²) in [6.07, 6.45) is 0. The summed E-state index contributed by atoms with van der Waals surface area (Å²) in [4.78, 5) is 4.34. The van der Waals surface area contributed by atoms with E-state index in [0.717, 1.165) is 21.6 Å². The molecule has 100 valence electrons. The molecule has 0 bridgehead atoms. The average Bonchev–Trinajstić information content (AvgIpc) is 2.46. The van der Waals surface area contributed by atoms with E-state index in [1.54, 1.807) is 14.2 Å². The van der Waals surface area contributed by atoms with Gasteiger partial charge in [-0.3, -0.25) is 0 Å². The van der Waals surface area contributed by atoms with E-state index in [4.69, 9.17) is 9.47 Å². The average molecular weight is 323 g/mol. The van der Waals surface area contributed by atoms with Crippen LogP contribution in [0.15, 0.2) is 40.9 Å². The van der Waals surface area contributed by atoms with Crippen molar-refractivity contribution in [1.29, 1.82) is 0 Å². The van der Waals surface area contributed by atoms with E-state index in [1.807, 2.05) is 36.4 Å². The molecular weight excluding hydrogens is 308 g/mol. The van der Waals surface area contributed by atoms with Crippen molar-refractivity contribution < 1.29 is 9.47 Å². The van der Waals surface area contributed by atoms with E-state index in [2.05, 4.69) is 26.2 Å². The fraction of sp³-hybridized carbons (Fsp3) is 0.214. The molecule has 5 heteroatoms. The van der Waals surface area contributed by atoms with Crippen molar-refractivity contribution in [2.24, 2.45) is 0 Å². The summed E-state index contributed by atoms with van der Waals surface area (Å²) in [5, 5.41) is 3.30. The molecule has 2 rings (SSSR count). The van der Waals surface area contributed by atoms with Crippen LogP contribution in [-0.4, -0.2) is 19.2 Å². The topological polar surface area (TPSA) is 43.4 Å². The highest BCUT2D eigenvalue weighted by atomic mass is 79.9. The van der Waals surface area contributed by atoms with Gasteiger partial charge in [0.25, 0.3) is 0 Å². The SMILES string of the molecule is COc1cccc(CNc2ccc(Br)c(OC)c2)n1. The summed E-state index contributed by atoms with van der Waals surface area (Å²) >= 11 is 3.42. The summed E-state index contributed by atoms with van der Waals surface area (Å²) < 4.78 is 11.3. The van der Waals surface area contributed by atoms with Crippen LogP contribution in [0.3, 0.4) is 0 Å². The Morgan fingerprint density at radius 2 is 2.00 bits per heavy atom. The number of halogens is 1. The van der Waals surface area contributed by atoms with Gasteiger partial charge in [-0.2, -0.15) is 0 Å². The molecule has 0 aliphatic carbocycles. The molecule has 0 saturated heterocycles. The Bertz CT molecular complexity index is 561. The molecule has 0 saturated carbocycles. The molecule has 0 unspecified atom stereocenters. The van der Waals surface area contributed by atoms with E-state index < -0.39 is 0 Å². The van der Waals surface area contributed by atoms with Gasteiger partial charge in [-0.1, -0.05) is 6.07 Å². The van der Waals surface area contributed by atoms with Gasteiger partial charge in [0.15, 0.2) is 0 Å². The number of aromatic nitrogens is 1. The van der Waals surface area contributed by atoms with Crippen molar-refractivity contribution in [3.05, 3.63) is 46.6 Å². The van der Waals surface area contributed by atoms with E-state index in [9.17, 15) is 0 Å². The third kappa shape index (κ3) is 3.61. The van der Waals surface area contributed by atoms with Crippen LogP contribution in [0.25, 0.3) is 0 Å². The third-order valence-electron chi connectivity index (χ3n) is 2.62. The van der Waals surface area contributed by atoms with Crippen LogP contribution in [0.2, 0.25) is 0 Å². The number of nitrogens with zero attached hydrogens (tertiary/aromatic N) is 1. The van der Waals surface area contributed by atoms with Crippen LogP contribution in [0, 0.1) is 0 Å². The second-order valence-corrected chi connectivity index (χ2v) is 4.73. The number of hydrogen-bond donors (Lipinski definition) is 1. The molecule has 1 aromatic heterocycles. The van der Waals surface area contributed by atoms with Gasteiger partial charge in [0.05, 0.1) is 30.9 Å². The number of anilines is 1. The molecule has 0 atom stereocenters. The smallest absolute Gasteiger partial charge is 0.213 e. The lowest BCUT2D eigenvalue weighted by Gasteiger charge is -2.09. The van der Waals surface area contributed by atoms with Crippen molar-refractivity contribution in [2.45, 2.75) is 6.54 Å². The number of methoxy groups -OCH3 is 2. The van der Waals surface area contributed by atoms with Crippen LogP contribution in [0.1, 0.15) is 5.69 Å². The second-order valence-electron chi connectivity index (χ2n) is 3.87. The lowest BCUT2D eigenvalue weighted by atomic mass is 10.3. The molecule has 1 aromatic carbocycles. The predicted octanol–water partition coefficient (Wildman–Crippen LogP) is 3.47. The maximum absolute atomic E-state index is 5.25. The Kier molecular flexibility index (Phi) is 4.63. The first-order chi connectivity index (χ1) is 9.22. The number of rotatable bonds is 5. The van der Waals surface area contributed by atoms with Crippen molar-refractivity contribution in [2.75, 3.05) is 19.5 Å². The Balaban J connectivity index is 2.05. The Hall–Kier alpha value is -1.75. The Morgan fingerprint density at radius 3 is 2.74 bits per heavy atom. The first-order valence-electron chi connectivity index (χ1n) is 5.80. The van der Waals surface area contributed by atoms with E-state index >= 15 is 0 Å². The van der Waals surface area contributed by atoms with Gasteiger partial charge in [0.1, 0.15) is 5.75 Å². The van der Waals surface area contributed by atoms with Crippen molar-refractivity contribution >= 4 is 21.6 Å². The van der Waals surface area contributed by atoms with Crippen LogP contribution < -0.4 is 14.8 Å². The van der Waals surface area contributed by atoms with E-state index in [1.165, 1.54) is 0 Å². The normalized spacial score (nSPS) is 10.1. The van der Waals surface area contributed by atoms with Crippen molar-refractivity contribution in [1.82, 2.24) is 4.98 Å². The molecule has 0 fully saturated rings. The van der Waals surface area contributed by atoms with Crippen molar-refractivity contribution in [3.8, 4) is 11.6 Å². The van der Waals surface area contributed by atoms with Crippen LogP contribution in [0.5, 0.6) is 11.6 Å². The highest BCUT2D eigenvalue weighted by molar-refractivity contribution is 9.10. The second kappa shape index (κ2) is 6.43. The Morgan fingerprint density at radius 1 is 1.16 bits per heavy atom. The number of ether oxygens (including phenoxy) is 2. The van der Waals surface area contributed by atoms with Gasteiger partial charge in [0.2, 0.25) is 5.88 Å². The molecule has 2 aromatic rings. The summed E-state index contributed by atoms with van der Waals surface area (Å²) in [5.41, 5.74) is 1.89. The van der Waals surface area contributed by atoms with Gasteiger partial charge in [-0.25, -0.2) is 4.98 Å². The fourth-order valence-electron chi connectivity index (χ4n) is 1.63. The van der Waals surface area contributed by atoms with Gasteiger partial charge in [-0.05, 0) is 34.1 Å². The molecule has 0 spiro atoms. The zero-order valence-electron chi connectivity index (χ0n) is 10.8. The highest BCUT2D eigenvalue weighted by Crippen LogP contribution is 2.28. The van der Waals surface area contributed by atoms with Crippen LogP contribution >= 0.6 is 15.9 Å². The van der Waals surface area contributed by atoms with Gasteiger partial charge in [-0.15, -0.1) is 0 Å². The highest BCUT2D eigenvalue weighted by Gasteiger charge is 2.02. The monoisotopic (exact) mass is 322 g/mol. The summed E-state index contributed by atoms with van der Waals surface area (Å²) in [5.74, 6) is 1.41. The maximum atomic E-state index is 5.25. The molecule has 1 N–H and O–H groups in total. The number of pyridine rings is 1. The minimum atomic E-state index is 0.618. The molecule has 0 aliphatic heterocycles. The largest absolute Gasteiger partial charge is 0.495 e. The molecule has 4 nitrogen and oxygen atoms in total. The summed E-state index contributed by atoms with van der Waals surface area (Å²) in [6, 6.07) is 11.6. The van der Waals surface area contributed by atoms with Gasteiger partial charge >= 0.3 is 0 Å². The Labute approximate surface area is 120 Å². The lowest BCUT2D eigenvalue weighted by molar-refractivity contribution is 0.396. The molecule has 0 amide bonds. The minimum Gasteiger partial charge on any atom is -0.495 e. The first-order valence-corrected chi connectivity index (χ1v) is 6.59. The standard InChI is InChI=1S/C14H15BrN2O2/c1-18-13-8-10(6-7-12(13)15)16-9-11-4-3-5-14(17-11)19-2/h3-8,16H,9H2,1-2H3. The van der Waals surface area contributed by atoms with Crippen LogP contribution in [-0.2, 0) is 6.54 Å². The lowest BCUT2D eigenvalue weighted by Crippen LogP contribution is -2.02. The number of nitrogens with one attached hydrogen (secondary N) is 1. The molecular formula is C14H15BrN2O2. The van der Waals surface area contributed by atoms with E-state index in [-0.39, 0.29) is 0 Å². The summed E-state index contributed by atoms with van der Waals surface area (Å²) in [7, 11) is 3.26. The van der Waals surface area contributed by atoms with Gasteiger partial charge in [0, 0.05) is 17.8 Å². The number of benzene rings is 1. The van der Waals surface area contributed by atoms with E-state index in [0.29, 0.717) is 12.4 Å². The number of hydrogen-bond acceptors (Lipinski definition) is 4. The van der Waals surface area contributed by atoms with Gasteiger partial charge < -0.3 is 14.8 Å². The van der Waals surface area contributed by atoms with Crippen molar-refractivity contribution in [3.63, 3.8) is 0 Å². The quantitative estimate of drug-likeness (QED) is 0.915.